The van der Waals surface area contributed by atoms with Crippen molar-refractivity contribution >= 4 is 27.6 Å². The van der Waals surface area contributed by atoms with Crippen LogP contribution in [0.3, 0.4) is 0 Å². The van der Waals surface area contributed by atoms with Gasteiger partial charge >= 0.3 is 0 Å². The maximum absolute atomic E-state index is 15.2. The van der Waals surface area contributed by atoms with Gasteiger partial charge in [-0.25, -0.2) is 32.9 Å². The fraction of sp³-hybridized carbons (Fsp3) is 0.192. The number of nitrogens with one attached hydrogen (secondary N) is 2. The first kappa shape index (κ1) is 26.0. The average molecular weight is 555 g/mol. The molecule has 12 heteroatoms. The van der Waals surface area contributed by atoms with E-state index in [1.807, 2.05) is 0 Å². The molecule has 9 nitrogen and oxygen atoms in total. The summed E-state index contributed by atoms with van der Waals surface area (Å²) in [5.74, 6) is -0.114. The van der Waals surface area contributed by atoms with Crippen molar-refractivity contribution in [2.45, 2.75) is 23.8 Å². The first-order valence-electron chi connectivity index (χ1n) is 11.8. The van der Waals surface area contributed by atoms with Crippen molar-refractivity contribution < 1.29 is 17.5 Å². The molecular weight excluding hydrogens is 531 g/mol. The minimum Gasteiger partial charge on any atom is -0.435 e. The molecule has 1 aliphatic rings. The molecule has 0 aliphatic carbocycles. The second-order valence-electron chi connectivity index (χ2n) is 8.72. The fourth-order valence-electron chi connectivity index (χ4n) is 4.21. The van der Waals surface area contributed by atoms with Gasteiger partial charge in [0.2, 0.25) is 21.9 Å². The van der Waals surface area contributed by atoms with Gasteiger partial charge in [0.25, 0.3) is 0 Å². The smallest absolute Gasteiger partial charge is 0.239 e. The Kier molecular flexibility index (Phi) is 7.52. The maximum Gasteiger partial charge on any atom is 0.239 e. The van der Waals surface area contributed by atoms with E-state index in [9.17, 15) is 8.42 Å². The lowest BCUT2D eigenvalue weighted by atomic mass is 10.1. The van der Waals surface area contributed by atoms with Gasteiger partial charge in [-0.1, -0.05) is 29.8 Å². The highest BCUT2D eigenvalue weighted by Crippen LogP contribution is 2.36. The maximum atomic E-state index is 15.2. The number of rotatable bonds is 7. The van der Waals surface area contributed by atoms with Gasteiger partial charge in [-0.3, -0.25) is 0 Å². The van der Waals surface area contributed by atoms with Gasteiger partial charge in [0.15, 0.2) is 11.6 Å². The third-order valence-corrected chi connectivity index (χ3v) is 7.52. The molecule has 196 valence electrons. The van der Waals surface area contributed by atoms with E-state index in [1.165, 1.54) is 30.5 Å². The molecule has 38 heavy (non-hydrogen) atoms. The van der Waals surface area contributed by atoms with Crippen molar-refractivity contribution in [3.63, 3.8) is 0 Å². The molecule has 0 amide bonds. The molecule has 5 rings (SSSR count). The summed E-state index contributed by atoms with van der Waals surface area (Å²) >= 11 is 6.27. The van der Waals surface area contributed by atoms with Crippen molar-refractivity contribution in [2.24, 2.45) is 5.14 Å². The summed E-state index contributed by atoms with van der Waals surface area (Å²) in [4.78, 5) is 13.0. The summed E-state index contributed by atoms with van der Waals surface area (Å²) in [7, 11) is -4.04. The number of nitrogens with two attached hydrogens (primary N) is 1. The van der Waals surface area contributed by atoms with Gasteiger partial charge in [-0.05, 0) is 61.3 Å². The molecule has 1 atom stereocenters. The highest BCUT2D eigenvalue weighted by atomic mass is 35.5. The van der Waals surface area contributed by atoms with Crippen LogP contribution in [0.5, 0.6) is 11.6 Å². The van der Waals surface area contributed by atoms with E-state index in [0.717, 1.165) is 25.9 Å². The lowest BCUT2D eigenvalue weighted by Gasteiger charge is -2.23. The van der Waals surface area contributed by atoms with Gasteiger partial charge in [-0.2, -0.15) is 0 Å². The number of piperidine rings is 1. The molecule has 4 N–H and O–H groups in total. The molecule has 1 saturated heterocycles. The largest absolute Gasteiger partial charge is 0.435 e. The van der Waals surface area contributed by atoms with Crippen LogP contribution in [0.4, 0.5) is 10.3 Å². The molecule has 1 fully saturated rings. The zero-order chi connectivity index (χ0) is 26.7. The number of nitrogens with zero attached hydrogens (tertiary/aromatic N) is 3. The average Bonchev–Trinajstić information content (AvgIpc) is 2.90. The van der Waals surface area contributed by atoms with Crippen molar-refractivity contribution in [1.29, 1.82) is 0 Å². The fourth-order valence-corrected chi connectivity index (χ4v) is 5.40. The summed E-state index contributed by atoms with van der Waals surface area (Å²) in [6, 6.07) is 14.0. The van der Waals surface area contributed by atoms with Crippen LogP contribution in [0.15, 0.2) is 71.9 Å². The van der Waals surface area contributed by atoms with Crippen LogP contribution in [-0.2, 0) is 10.0 Å². The second kappa shape index (κ2) is 11.0. The highest BCUT2D eigenvalue weighted by molar-refractivity contribution is 7.89. The summed E-state index contributed by atoms with van der Waals surface area (Å²) in [5, 5.41) is 11.8. The van der Waals surface area contributed by atoms with Crippen LogP contribution in [0.25, 0.3) is 22.4 Å². The first-order valence-corrected chi connectivity index (χ1v) is 13.8. The molecule has 1 aliphatic heterocycles. The Balaban J connectivity index is 1.41. The third kappa shape index (κ3) is 5.76. The monoisotopic (exact) mass is 554 g/mol. The van der Waals surface area contributed by atoms with E-state index in [0.29, 0.717) is 28.3 Å². The lowest BCUT2D eigenvalue weighted by Crippen LogP contribution is -2.38. The Hall–Kier alpha value is -3.64. The van der Waals surface area contributed by atoms with Crippen LogP contribution in [0, 0.1) is 5.82 Å². The predicted octanol–water partition coefficient (Wildman–Crippen LogP) is 4.60. The van der Waals surface area contributed by atoms with Gasteiger partial charge in [-0.15, -0.1) is 0 Å². The predicted molar refractivity (Wildman–Crippen MR) is 143 cm³/mol. The summed E-state index contributed by atoms with van der Waals surface area (Å²) < 4.78 is 44.6. The molecule has 2 aromatic heterocycles. The van der Waals surface area contributed by atoms with E-state index in [-0.39, 0.29) is 27.6 Å². The molecule has 0 bridgehead atoms. The van der Waals surface area contributed by atoms with Crippen LogP contribution in [-0.4, -0.2) is 42.5 Å². The van der Waals surface area contributed by atoms with Gasteiger partial charge in [0.1, 0.15) is 4.90 Å². The Bertz CT molecular complexity index is 1580. The molecule has 0 spiro atoms. The quantitative estimate of drug-likeness (QED) is 0.302. The number of hydrogen-bond acceptors (Lipinski definition) is 8. The van der Waals surface area contributed by atoms with Crippen molar-refractivity contribution in [3.8, 4) is 34.0 Å². The van der Waals surface area contributed by atoms with E-state index >= 15 is 4.39 Å². The van der Waals surface area contributed by atoms with E-state index < -0.39 is 15.8 Å². The van der Waals surface area contributed by atoms with Crippen LogP contribution >= 0.6 is 11.6 Å². The Labute approximate surface area is 224 Å². The standard InChI is InChI=1S/C26H24ClFN6O3S/c27-24-18(5-1-7-23(24)38(29,35)36)16-8-9-22(20(28)14-16)37-25-19(6-3-12-31-25)21-10-13-32-26(34-21)33-17-4-2-11-30-15-17/h1,3,5-10,12-14,17,30H,2,4,11,15H2,(H2,29,35,36)(H,32,33,34)/t17-/m0/s1. The Morgan fingerprint density at radius 2 is 1.92 bits per heavy atom. The summed E-state index contributed by atoms with van der Waals surface area (Å²) in [5.41, 5.74) is 1.80. The van der Waals surface area contributed by atoms with E-state index in [2.05, 4.69) is 25.6 Å². The van der Waals surface area contributed by atoms with Crippen LogP contribution in [0.1, 0.15) is 12.8 Å². The van der Waals surface area contributed by atoms with Crippen molar-refractivity contribution in [1.82, 2.24) is 20.3 Å². The Morgan fingerprint density at radius 1 is 1.08 bits per heavy atom. The molecule has 4 aromatic rings. The number of hydrogen-bond donors (Lipinski definition) is 3. The molecule has 0 radical (unpaired) electrons. The molecule has 2 aromatic carbocycles. The molecule has 0 unspecified atom stereocenters. The molecule has 3 heterocycles. The Morgan fingerprint density at radius 3 is 2.68 bits per heavy atom. The number of aromatic nitrogens is 3. The zero-order valence-corrected chi connectivity index (χ0v) is 21.6. The normalized spacial score (nSPS) is 15.7. The van der Waals surface area contributed by atoms with Crippen molar-refractivity contribution in [2.75, 3.05) is 18.4 Å². The molecule has 0 saturated carbocycles. The summed E-state index contributed by atoms with van der Waals surface area (Å²) in [6.07, 6.45) is 5.28. The van der Waals surface area contributed by atoms with E-state index in [1.54, 1.807) is 36.5 Å². The van der Waals surface area contributed by atoms with Crippen LogP contribution in [0.2, 0.25) is 5.02 Å². The van der Waals surface area contributed by atoms with Crippen molar-refractivity contribution in [3.05, 3.63) is 77.8 Å². The van der Waals surface area contributed by atoms with Gasteiger partial charge in [0.05, 0.1) is 16.3 Å². The number of halogens is 2. The number of pyridine rings is 1. The highest BCUT2D eigenvalue weighted by Gasteiger charge is 2.19. The van der Waals surface area contributed by atoms with Gasteiger partial charge in [0, 0.05) is 30.5 Å². The minimum absolute atomic E-state index is 0.0758. The number of benzene rings is 2. The number of anilines is 1. The third-order valence-electron chi connectivity index (χ3n) is 6.05. The van der Waals surface area contributed by atoms with E-state index in [4.69, 9.17) is 21.5 Å². The van der Waals surface area contributed by atoms with Crippen LogP contribution < -0.4 is 20.5 Å². The second-order valence-corrected chi connectivity index (χ2v) is 10.6. The number of sulfonamides is 1. The lowest BCUT2D eigenvalue weighted by molar-refractivity contribution is 0.429. The SMILES string of the molecule is NS(=O)(=O)c1cccc(-c2ccc(Oc3ncccc3-c3ccnc(N[C@H]4CCCNC4)n3)c(F)c2)c1Cl. The minimum atomic E-state index is -4.04. The summed E-state index contributed by atoms with van der Waals surface area (Å²) in [6.45, 7) is 1.84. The zero-order valence-electron chi connectivity index (χ0n) is 20.1. The number of primary sulfonamides is 1. The van der Waals surface area contributed by atoms with Gasteiger partial charge < -0.3 is 15.4 Å². The number of ether oxygens (including phenoxy) is 1. The first-order chi connectivity index (χ1) is 18.3. The topological polar surface area (TPSA) is 132 Å². The molecular formula is C26H24ClFN6O3S.